The zero-order chi connectivity index (χ0) is 12.3. The number of benzene rings is 1. The van der Waals surface area contributed by atoms with Crippen molar-refractivity contribution in [2.45, 2.75) is 31.9 Å². The summed E-state index contributed by atoms with van der Waals surface area (Å²) in [4.78, 5) is 0. The van der Waals surface area contributed by atoms with Crippen LogP contribution >= 0.6 is 27.5 Å². The molecule has 1 aliphatic heterocycles. The van der Waals surface area contributed by atoms with Crippen LogP contribution in [0.4, 0.5) is 0 Å². The molecule has 0 aromatic heterocycles. The zero-order valence-corrected chi connectivity index (χ0v) is 12.2. The van der Waals surface area contributed by atoms with Crippen LogP contribution in [0.5, 0.6) is 0 Å². The number of nitrogens with one attached hydrogen (secondary N) is 1. The maximum Gasteiger partial charge on any atom is 0.0963 e. The third-order valence-electron chi connectivity index (χ3n) is 3.18. The first-order valence-electron chi connectivity index (χ1n) is 6.00. The van der Waals surface area contributed by atoms with Gasteiger partial charge < -0.3 is 10.1 Å². The van der Waals surface area contributed by atoms with Gasteiger partial charge in [-0.1, -0.05) is 40.5 Å². The summed E-state index contributed by atoms with van der Waals surface area (Å²) >= 11 is 9.66. The van der Waals surface area contributed by atoms with E-state index >= 15 is 0 Å². The number of rotatable bonds is 2. The summed E-state index contributed by atoms with van der Waals surface area (Å²) in [6, 6.07) is 6.52. The molecule has 1 saturated heterocycles. The van der Waals surface area contributed by atoms with Gasteiger partial charge >= 0.3 is 0 Å². The molecule has 0 spiro atoms. The molecule has 94 valence electrons. The van der Waals surface area contributed by atoms with Crippen molar-refractivity contribution in [3.63, 3.8) is 0 Å². The fourth-order valence-corrected chi connectivity index (χ4v) is 2.89. The smallest absolute Gasteiger partial charge is 0.0963 e. The third-order valence-corrected chi connectivity index (χ3v) is 4.00. The second kappa shape index (κ2) is 6.19. The maximum atomic E-state index is 6.25. The van der Waals surface area contributed by atoms with Gasteiger partial charge in [0.05, 0.1) is 6.10 Å². The van der Waals surface area contributed by atoms with Gasteiger partial charge in [0.15, 0.2) is 0 Å². The fraction of sp³-hybridized carbons (Fsp3) is 0.538. The minimum Gasteiger partial charge on any atom is -0.372 e. The van der Waals surface area contributed by atoms with E-state index in [0.29, 0.717) is 6.04 Å². The van der Waals surface area contributed by atoms with Crippen LogP contribution in [0.2, 0.25) is 5.02 Å². The first-order valence-corrected chi connectivity index (χ1v) is 7.17. The van der Waals surface area contributed by atoms with E-state index in [1.54, 1.807) is 0 Å². The summed E-state index contributed by atoms with van der Waals surface area (Å²) in [6.45, 7) is 3.83. The Balaban J connectivity index is 2.11. The van der Waals surface area contributed by atoms with Crippen molar-refractivity contribution in [2.75, 3.05) is 13.2 Å². The molecule has 2 unspecified atom stereocenters. The Labute approximate surface area is 116 Å². The highest BCUT2D eigenvalue weighted by Crippen LogP contribution is 2.29. The van der Waals surface area contributed by atoms with Crippen LogP contribution in [-0.2, 0) is 4.74 Å². The highest BCUT2D eigenvalue weighted by atomic mass is 79.9. The van der Waals surface area contributed by atoms with Crippen LogP contribution in [0.25, 0.3) is 0 Å². The van der Waals surface area contributed by atoms with E-state index in [0.717, 1.165) is 41.1 Å². The van der Waals surface area contributed by atoms with Crippen LogP contribution in [0, 0.1) is 0 Å². The Bertz CT molecular complexity index is 386. The van der Waals surface area contributed by atoms with Crippen molar-refractivity contribution < 1.29 is 4.74 Å². The van der Waals surface area contributed by atoms with Crippen molar-refractivity contribution in [3.8, 4) is 0 Å². The first-order chi connectivity index (χ1) is 8.20. The van der Waals surface area contributed by atoms with Crippen molar-refractivity contribution in [1.82, 2.24) is 5.32 Å². The second-order valence-corrected chi connectivity index (χ2v) is 5.65. The van der Waals surface area contributed by atoms with E-state index in [1.807, 2.05) is 18.2 Å². The van der Waals surface area contributed by atoms with E-state index in [2.05, 4.69) is 28.2 Å². The highest BCUT2D eigenvalue weighted by molar-refractivity contribution is 9.10. The molecule has 17 heavy (non-hydrogen) atoms. The Kier molecular flexibility index (Phi) is 4.86. The third kappa shape index (κ3) is 3.44. The van der Waals surface area contributed by atoms with E-state index in [4.69, 9.17) is 16.3 Å². The monoisotopic (exact) mass is 317 g/mol. The molecule has 1 aromatic rings. The molecule has 1 heterocycles. The molecule has 0 aliphatic carbocycles. The Morgan fingerprint density at radius 3 is 3.06 bits per heavy atom. The summed E-state index contributed by atoms with van der Waals surface area (Å²) < 4.78 is 6.88. The number of ether oxygens (including phenoxy) is 1. The van der Waals surface area contributed by atoms with Crippen molar-refractivity contribution >= 4 is 27.5 Å². The minimum absolute atomic E-state index is 0.0622. The largest absolute Gasteiger partial charge is 0.372 e. The summed E-state index contributed by atoms with van der Waals surface area (Å²) in [7, 11) is 0. The van der Waals surface area contributed by atoms with Crippen LogP contribution in [0.3, 0.4) is 0 Å². The summed E-state index contributed by atoms with van der Waals surface area (Å²) in [6.07, 6.45) is 2.28. The van der Waals surface area contributed by atoms with E-state index in [9.17, 15) is 0 Å². The van der Waals surface area contributed by atoms with Gasteiger partial charge in [-0.15, -0.1) is 0 Å². The molecule has 1 aliphatic rings. The molecule has 4 heteroatoms. The normalized spacial score (nSPS) is 25.6. The molecule has 2 nitrogen and oxygen atoms in total. The summed E-state index contributed by atoms with van der Waals surface area (Å²) in [5.74, 6) is 0. The van der Waals surface area contributed by atoms with Crippen LogP contribution < -0.4 is 5.32 Å². The lowest BCUT2D eigenvalue weighted by Crippen LogP contribution is -2.29. The SMILES string of the molecule is CCC1CCOC(c2ccc(Br)cc2Cl)CN1. The van der Waals surface area contributed by atoms with Gasteiger partial charge in [0, 0.05) is 34.3 Å². The average molecular weight is 319 g/mol. The first kappa shape index (κ1) is 13.3. The second-order valence-electron chi connectivity index (χ2n) is 4.33. The van der Waals surface area contributed by atoms with Crippen molar-refractivity contribution in [1.29, 1.82) is 0 Å². The molecule has 0 bridgehead atoms. The molecule has 1 aromatic carbocycles. The Morgan fingerprint density at radius 2 is 2.35 bits per heavy atom. The van der Waals surface area contributed by atoms with Gasteiger partial charge in [-0.3, -0.25) is 0 Å². The summed E-state index contributed by atoms with van der Waals surface area (Å²) in [5.41, 5.74) is 1.07. The number of hydrogen-bond donors (Lipinski definition) is 1. The van der Waals surface area contributed by atoms with Crippen molar-refractivity contribution in [2.24, 2.45) is 0 Å². The van der Waals surface area contributed by atoms with Gasteiger partial charge in [0.2, 0.25) is 0 Å². The highest BCUT2D eigenvalue weighted by Gasteiger charge is 2.20. The predicted molar refractivity (Wildman–Crippen MR) is 74.5 cm³/mol. The maximum absolute atomic E-state index is 6.25. The van der Waals surface area contributed by atoms with Crippen LogP contribution in [0.15, 0.2) is 22.7 Å². The standard InChI is InChI=1S/C13H17BrClNO/c1-2-10-5-6-17-13(8-16-10)11-4-3-9(14)7-12(11)15/h3-4,7,10,13,16H,2,5-6,8H2,1H3. The lowest BCUT2D eigenvalue weighted by molar-refractivity contribution is 0.0664. The van der Waals surface area contributed by atoms with Gasteiger partial charge in [-0.05, 0) is 25.0 Å². The number of halogens is 2. The molecule has 2 atom stereocenters. The van der Waals surface area contributed by atoms with Gasteiger partial charge in [-0.25, -0.2) is 0 Å². The van der Waals surface area contributed by atoms with E-state index in [1.165, 1.54) is 0 Å². The topological polar surface area (TPSA) is 21.3 Å². The lowest BCUT2D eigenvalue weighted by Gasteiger charge is -2.17. The number of hydrogen-bond acceptors (Lipinski definition) is 2. The minimum atomic E-state index is 0.0622. The van der Waals surface area contributed by atoms with Crippen LogP contribution in [-0.4, -0.2) is 19.2 Å². The molecule has 1 fully saturated rings. The molecule has 2 rings (SSSR count). The Morgan fingerprint density at radius 1 is 1.53 bits per heavy atom. The average Bonchev–Trinajstić information content (AvgIpc) is 2.54. The molecular formula is C13H17BrClNO. The van der Waals surface area contributed by atoms with E-state index < -0.39 is 0 Å². The molecule has 0 radical (unpaired) electrons. The van der Waals surface area contributed by atoms with E-state index in [-0.39, 0.29) is 6.10 Å². The lowest BCUT2D eigenvalue weighted by atomic mass is 10.1. The Hall–Kier alpha value is -0.0900. The zero-order valence-electron chi connectivity index (χ0n) is 9.88. The van der Waals surface area contributed by atoms with Gasteiger partial charge in [0.1, 0.15) is 0 Å². The predicted octanol–water partition coefficient (Wildman–Crippen LogP) is 3.93. The van der Waals surface area contributed by atoms with Crippen LogP contribution in [0.1, 0.15) is 31.4 Å². The molecule has 0 saturated carbocycles. The molecule has 0 amide bonds. The quantitative estimate of drug-likeness (QED) is 0.892. The summed E-state index contributed by atoms with van der Waals surface area (Å²) in [5, 5.41) is 4.29. The van der Waals surface area contributed by atoms with Gasteiger partial charge in [-0.2, -0.15) is 0 Å². The van der Waals surface area contributed by atoms with Gasteiger partial charge in [0.25, 0.3) is 0 Å². The molecular weight excluding hydrogens is 302 g/mol. The fourth-order valence-electron chi connectivity index (χ4n) is 2.10. The molecule has 1 N–H and O–H groups in total. The van der Waals surface area contributed by atoms with Crippen molar-refractivity contribution in [3.05, 3.63) is 33.3 Å².